The Kier molecular flexibility index (Phi) is 5.59. The number of aromatic nitrogens is 3. The number of para-hydroxylation sites is 1. The van der Waals surface area contributed by atoms with Gasteiger partial charge in [0.25, 0.3) is 0 Å². The van der Waals surface area contributed by atoms with Crippen LogP contribution in [0.5, 0.6) is 0 Å². The van der Waals surface area contributed by atoms with E-state index < -0.39 is 0 Å². The SMILES string of the molecule is Cc1cnc(CC2CCN(C(=O)CCc3nc4ccccc4s3)CC2)n1CC1CC1. The number of benzene rings is 1. The van der Waals surface area contributed by atoms with Gasteiger partial charge in [0.1, 0.15) is 5.82 Å². The van der Waals surface area contributed by atoms with Crippen molar-refractivity contribution in [2.24, 2.45) is 11.8 Å². The van der Waals surface area contributed by atoms with Gasteiger partial charge in [-0.2, -0.15) is 0 Å². The van der Waals surface area contributed by atoms with E-state index in [1.807, 2.05) is 24.4 Å². The second kappa shape index (κ2) is 8.50. The number of likely N-dealkylation sites (tertiary alicyclic amines) is 1. The molecule has 30 heavy (non-hydrogen) atoms. The first kappa shape index (κ1) is 19.7. The molecule has 0 radical (unpaired) electrons. The minimum atomic E-state index is 0.277. The average molecular weight is 423 g/mol. The molecule has 1 saturated heterocycles. The molecule has 5 nitrogen and oxygen atoms in total. The summed E-state index contributed by atoms with van der Waals surface area (Å²) in [4.78, 5) is 24.1. The number of hydrogen-bond acceptors (Lipinski definition) is 4. The standard InChI is InChI=1S/C24H30N4OS/c1-17-15-25-22(28(17)16-19-6-7-19)14-18-10-12-27(13-11-18)24(29)9-8-23-26-20-4-2-3-5-21(20)30-23/h2-5,15,18-19H,6-14,16H2,1H3. The molecule has 0 unspecified atom stereocenters. The number of carbonyl (C=O) groups excluding carboxylic acids is 1. The number of hydrogen-bond donors (Lipinski definition) is 0. The van der Waals surface area contributed by atoms with E-state index in [1.54, 1.807) is 11.3 Å². The highest BCUT2D eigenvalue weighted by Gasteiger charge is 2.27. The number of nitrogens with zero attached hydrogens (tertiary/aromatic N) is 4. The Morgan fingerprint density at radius 3 is 2.70 bits per heavy atom. The van der Waals surface area contributed by atoms with Crippen molar-refractivity contribution in [3.63, 3.8) is 0 Å². The summed E-state index contributed by atoms with van der Waals surface area (Å²) >= 11 is 1.71. The van der Waals surface area contributed by atoms with E-state index in [0.29, 0.717) is 12.3 Å². The lowest BCUT2D eigenvalue weighted by atomic mass is 9.93. The van der Waals surface area contributed by atoms with E-state index >= 15 is 0 Å². The first-order chi connectivity index (χ1) is 14.7. The van der Waals surface area contributed by atoms with Gasteiger partial charge < -0.3 is 9.47 Å². The van der Waals surface area contributed by atoms with Crippen LogP contribution in [0.1, 0.15) is 48.6 Å². The first-order valence-corrected chi connectivity index (χ1v) is 12.1. The number of aryl methyl sites for hydroxylation is 2. The summed E-state index contributed by atoms with van der Waals surface area (Å²) in [7, 11) is 0. The second-order valence-corrected chi connectivity index (χ2v) is 10.1. The molecular formula is C24H30N4OS. The van der Waals surface area contributed by atoms with Gasteiger partial charge >= 0.3 is 0 Å². The maximum absolute atomic E-state index is 12.7. The Hall–Kier alpha value is -2.21. The molecule has 5 rings (SSSR count). The quantitative estimate of drug-likeness (QED) is 0.558. The van der Waals surface area contributed by atoms with Crippen LogP contribution >= 0.6 is 11.3 Å². The Bertz CT molecular complexity index is 994. The zero-order valence-corrected chi connectivity index (χ0v) is 18.5. The fraction of sp³-hybridized carbons (Fsp3) is 0.542. The van der Waals surface area contributed by atoms with Crippen molar-refractivity contribution in [3.8, 4) is 0 Å². The summed E-state index contributed by atoms with van der Waals surface area (Å²) in [5, 5.41) is 1.07. The van der Waals surface area contributed by atoms with E-state index in [2.05, 4.69) is 27.4 Å². The molecule has 0 spiro atoms. The van der Waals surface area contributed by atoms with Crippen molar-refractivity contribution in [1.29, 1.82) is 0 Å². The maximum Gasteiger partial charge on any atom is 0.222 e. The number of piperidine rings is 1. The van der Waals surface area contributed by atoms with E-state index in [4.69, 9.17) is 4.98 Å². The van der Waals surface area contributed by atoms with Gasteiger partial charge in [0.15, 0.2) is 0 Å². The van der Waals surface area contributed by atoms with Gasteiger partial charge in [0.05, 0.1) is 15.2 Å². The summed E-state index contributed by atoms with van der Waals surface area (Å²) in [6.07, 6.45) is 9.30. The van der Waals surface area contributed by atoms with Gasteiger partial charge in [-0.25, -0.2) is 9.97 Å². The molecule has 2 aliphatic rings. The lowest BCUT2D eigenvalue weighted by Gasteiger charge is -2.32. The summed E-state index contributed by atoms with van der Waals surface area (Å²) in [5.74, 6) is 3.03. The molecule has 1 aromatic carbocycles. The van der Waals surface area contributed by atoms with Crippen molar-refractivity contribution in [2.45, 2.75) is 58.4 Å². The van der Waals surface area contributed by atoms with Crippen LogP contribution in [-0.4, -0.2) is 38.4 Å². The molecule has 0 atom stereocenters. The average Bonchev–Trinajstić information content (AvgIpc) is 3.39. The fourth-order valence-corrected chi connectivity index (χ4v) is 5.49. The van der Waals surface area contributed by atoms with Gasteiger partial charge in [0, 0.05) is 50.8 Å². The third kappa shape index (κ3) is 4.43. The molecule has 0 bridgehead atoms. The topological polar surface area (TPSA) is 51.0 Å². The van der Waals surface area contributed by atoms with Gasteiger partial charge in [0.2, 0.25) is 5.91 Å². The second-order valence-electron chi connectivity index (χ2n) is 8.97. The number of thiazole rings is 1. The molecule has 3 aromatic rings. The largest absolute Gasteiger partial charge is 0.343 e. The van der Waals surface area contributed by atoms with E-state index in [0.717, 1.165) is 61.8 Å². The molecule has 2 aromatic heterocycles. The highest BCUT2D eigenvalue weighted by atomic mass is 32.1. The highest BCUT2D eigenvalue weighted by molar-refractivity contribution is 7.18. The molecule has 1 saturated carbocycles. The Morgan fingerprint density at radius 2 is 1.93 bits per heavy atom. The molecular weight excluding hydrogens is 392 g/mol. The molecule has 6 heteroatoms. The predicted octanol–water partition coefficient (Wildman–Crippen LogP) is 4.63. The van der Waals surface area contributed by atoms with Crippen molar-refractivity contribution in [1.82, 2.24) is 19.4 Å². The molecule has 0 N–H and O–H groups in total. The van der Waals surface area contributed by atoms with Crippen molar-refractivity contribution >= 4 is 27.5 Å². The Morgan fingerprint density at radius 1 is 1.13 bits per heavy atom. The lowest BCUT2D eigenvalue weighted by Crippen LogP contribution is -2.39. The van der Waals surface area contributed by atoms with Crippen molar-refractivity contribution in [3.05, 3.63) is 47.0 Å². The number of rotatable bonds is 7. The van der Waals surface area contributed by atoms with Gasteiger partial charge in [-0.3, -0.25) is 4.79 Å². The summed E-state index contributed by atoms with van der Waals surface area (Å²) in [6, 6.07) is 8.19. The van der Waals surface area contributed by atoms with E-state index in [9.17, 15) is 4.79 Å². The van der Waals surface area contributed by atoms with E-state index in [-0.39, 0.29) is 5.91 Å². The van der Waals surface area contributed by atoms with Gasteiger partial charge in [-0.1, -0.05) is 12.1 Å². The van der Waals surface area contributed by atoms with Gasteiger partial charge in [-0.05, 0) is 56.6 Å². The molecule has 3 heterocycles. The van der Waals surface area contributed by atoms with Crippen LogP contribution in [0, 0.1) is 18.8 Å². The summed E-state index contributed by atoms with van der Waals surface area (Å²) < 4.78 is 3.64. The smallest absolute Gasteiger partial charge is 0.222 e. The monoisotopic (exact) mass is 422 g/mol. The summed E-state index contributed by atoms with van der Waals surface area (Å²) in [5.41, 5.74) is 2.33. The van der Waals surface area contributed by atoms with Crippen LogP contribution in [-0.2, 0) is 24.2 Å². The maximum atomic E-state index is 12.7. The number of carbonyl (C=O) groups is 1. The molecule has 1 aliphatic heterocycles. The fourth-order valence-electron chi connectivity index (χ4n) is 4.53. The summed E-state index contributed by atoms with van der Waals surface area (Å²) in [6.45, 7) is 5.08. The third-order valence-electron chi connectivity index (χ3n) is 6.60. The normalized spacial score (nSPS) is 17.7. The zero-order valence-electron chi connectivity index (χ0n) is 17.7. The van der Waals surface area contributed by atoms with Crippen molar-refractivity contribution < 1.29 is 4.79 Å². The number of fused-ring (bicyclic) bond motifs is 1. The van der Waals surface area contributed by atoms with Crippen LogP contribution in [0.25, 0.3) is 10.2 Å². The molecule has 1 amide bonds. The van der Waals surface area contributed by atoms with Crippen LogP contribution in [0.3, 0.4) is 0 Å². The lowest BCUT2D eigenvalue weighted by molar-refractivity contribution is -0.132. The first-order valence-electron chi connectivity index (χ1n) is 11.3. The zero-order chi connectivity index (χ0) is 20.5. The van der Waals surface area contributed by atoms with E-state index in [1.165, 1.54) is 29.1 Å². The van der Waals surface area contributed by atoms with Crippen LogP contribution in [0.15, 0.2) is 30.5 Å². The number of imidazole rings is 1. The molecule has 2 fully saturated rings. The minimum Gasteiger partial charge on any atom is -0.343 e. The predicted molar refractivity (Wildman–Crippen MR) is 121 cm³/mol. The molecule has 158 valence electrons. The van der Waals surface area contributed by atoms with Crippen LogP contribution in [0.4, 0.5) is 0 Å². The minimum absolute atomic E-state index is 0.277. The Balaban J connectivity index is 1.11. The number of amides is 1. The van der Waals surface area contributed by atoms with Gasteiger partial charge in [-0.15, -0.1) is 11.3 Å². The van der Waals surface area contributed by atoms with Crippen LogP contribution < -0.4 is 0 Å². The van der Waals surface area contributed by atoms with Crippen LogP contribution in [0.2, 0.25) is 0 Å². The van der Waals surface area contributed by atoms with Crippen molar-refractivity contribution in [2.75, 3.05) is 13.1 Å². The Labute approximate surface area is 182 Å². The third-order valence-corrected chi connectivity index (χ3v) is 7.70. The molecule has 1 aliphatic carbocycles. The highest BCUT2D eigenvalue weighted by Crippen LogP contribution is 2.32.